The molecule has 0 atom stereocenters. The fourth-order valence-corrected chi connectivity index (χ4v) is 1.22. The predicted molar refractivity (Wildman–Crippen MR) is 69.7 cm³/mol. The second kappa shape index (κ2) is 7.57. The molecule has 1 rings (SSSR count). The van der Waals surface area contributed by atoms with Gasteiger partial charge in [0.25, 0.3) is 11.8 Å². The molecule has 0 unspecified atom stereocenters. The van der Waals surface area contributed by atoms with Crippen molar-refractivity contribution in [3.63, 3.8) is 0 Å². The number of ether oxygens (including phenoxy) is 1. The molecule has 0 heterocycles. The van der Waals surface area contributed by atoms with E-state index < -0.39 is 17.8 Å². The molecule has 3 N–H and O–H groups in total. The molecular weight excluding hydrogens is 264 g/mol. The molecule has 0 bridgehead atoms. The number of hydrazine groups is 1. The molecular formula is C13H14N2O5. The maximum absolute atomic E-state index is 11.4. The minimum atomic E-state index is -1.26. The molecule has 0 aromatic heterocycles. The van der Waals surface area contributed by atoms with Crippen molar-refractivity contribution in [2.45, 2.75) is 6.92 Å². The number of aliphatic carboxylic acids is 1. The Balaban J connectivity index is 2.33. The van der Waals surface area contributed by atoms with Crippen molar-refractivity contribution >= 4 is 17.8 Å². The van der Waals surface area contributed by atoms with Crippen LogP contribution in [0.5, 0.6) is 5.75 Å². The lowest BCUT2D eigenvalue weighted by Crippen LogP contribution is -2.43. The average Bonchev–Trinajstić information content (AvgIpc) is 2.42. The molecule has 0 aliphatic heterocycles. The van der Waals surface area contributed by atoms with Crippen LogP contribution in [0, 0.1) is 6.92 Å². The second-order valence-electron chi connectivity index (χ2n) is 3.76. The number of aryl methyl sites for hydroxylation is 1. The first kappa shape index (κ1) is 15.2. The fraction of sp³-hybridized carbons (Fsp3) is 0.154. The van der Waals surface area contributed by atoms with Gasteiger partial charge in [-0.1, -0.05) is 18.2 Å². The van der Waals surface area contributed by atoms with Crippen molar-refractivity contribution < 1.29 is 24.2 Å². The van der Waals surface area contributed by atoms with E-state index in [4.69, 9.17) is 9.84 Å². The van der Waals surface area contributed by atoms with Crippen LogP contribution in [-0.2, 0) is 14.4 Å². The molecule has 0 spiro atoms. The molecule has 0 aliphatic rings. The summed E-state index contributed by atoms with van der Waals surface area (Å²) in [7, 11) is 0. The van der Waals surface area contributed by atoms with E-state index in [9.17, 15) is 14.4 Å². The van der Waals surface area contributed by atoms with E-state index in [1.54, 1.807) is 12.1 Å². The topological polar surface area (TPSA) is 105 Å². The number of amides is 2. The van der Waals surface area contributed by atoms with Gasteiger partial charge in [-0.15, -0.1) is 0 Å². The summed E-state index contributed by atoms with van der Waals surface area (Å²) in [6.45, 7) is 1.57. The quantitative estimate of drug-likeness (QED) is 0.525. The van der Waals surface area contributed by atoms with Gasteiger partial charge >= 0.3 is 5.97 Å². The Morgan fingerprint density at radius 2 is 1.90 bits per heavy atom. The number of para-hydroxylation sites is 1. The Hall–Kier alpha value is -2.83. The monoisotopic (exact) mass is 278 g/mol. The summed E-state index contributed by atoms with van der Waals surface area (Å²) in [4.78, 5) is 32.6. The third-order valence-electron chi connectivity index (χ3n) is 2.15. The number of carboxylic acid groups (broad SMARTS) is 1. The highest BCUT2D eigenvalue weighted by atomic mass is 16.5. The third-order valence-corrected chi connectivity index (χ3v) is 2.15. The van der Waals surface area contributed by atoms with Crippen LogP contribution in [0.2, 0.25) is 0 Å². The SMILES string of the molecule is Cc1ccccc1OCC(=O)NNC(=O)/C=C/C(=O)O. The first-order valence-corrected chi connectivity index (χ1v) is 5.67. The van der Waals surface area contributed by atoms with E-state index in [0.29, 0.717) is 11.8 Å². The van der Waals surface area contributed by atoms with Crippen LogP contribution in [0.3, 0.4) is 0 Å². The van der Waals surface area contributed by atoms with Gasteiger partial charge in [0.05, 0.1) is 0 Å². The van der Waals surface area contributed by atoms with Crippen LogP contribution >= 0.6 is 0 Å². The van der Waals surface area contributed by atoms with Crippen LogP contribution in [0.1, 0.15) is 5.56 Å². The Labute approximate surface area is 115 Å². The summed E-state index contributed by atoms with van der Waals surface area (Å²) in [6.07, 6.45) is 1.44. The van der Waals surface area contributed by atoms with Gasteiger partial charge in [-0.3, -0.25) is 20.4 Å². The summed E-state index contributed by atoms with van der Waals surface area (Å²) >= 11 is 0. The van der Waals surface area contributed by atoms with Crippen LogP contribution in [0.25, 0.3) is 0 Å². The van der Waals surface area contributed by atoms with Gasteiger partial charge in [0.15, 0.2) is 6.61 Å². The van der Waals surface area contributed by atoms with Gasteiger partial charge in [0.2, 0.25) is 0 Å². The fourth-order valence-electron chi connectivity index (χ4n) is 1.22. The number of nitrogens with one attached hydrogen (secondary N) is 2. The van der Waals surface area contributed by atoms with E-state index in [0.717, 1.165) is 11.6 Å². The summed E-state index contributed by atoms with van der Waals surface area (Å²) < 4.78 is 5.25. The highest BCUT2D eigenvalue weighted by Crippen LogP contribution is 2.15. The maximum atomic E-state index is 11.4. The first-order valence-electron chi connectivity index (χ1n) is 5.67. The molecule has 7 nitrogen and oxygen atoms in total. The Kier molecular flexibility index (Phi) is 5.76. The summed E-state index contributed by atoms with van der Waals surface area (Å²) in [6, 6.07) is 7.18. The highest BCUT2D eigenvalue weighted by molar-refractivity contribution is 5.94. The van der Waals surface area contributed by atoms with Gasteiger partial charge < -0.3 is 9.84 Å². The number of hydrogen-bond donors (Lipinski definition) is 3. The Morgan fingerprint density at radius 3 is 2.55 bits per heavy atom. The zero-order valence-corrected chi connectivity index (χ0v) is 10.8. The third kappa shape index (κ3) is 5.67. The lowest BCUT2D eigenvalue weighted by molar-refractivity contribution is -0.131. The largest absolute Gasteiger partial charge is 0.483 e. The lowest BCUT2D eigenvalue weighted by Gasteiger charge is -2.09. The van der Waals surface area contributed by atoms with Crippen molar-refractivity contribution in [1.29, 1.82) is 0 Å². The average molecular weight is 278 g/mol. The van der Waals surface area contributed by atoms with Crippen LogP contribution in [0.15, 0.2) is 36.4 Å². The number of rotatable bonds is 5. The van der Waals surface area contributed by atoms with Crippen molar-refractivity contribution in [1.82, 2.24) is 10.9 Å². The Bertz CT molecular complexity index is 539. The number of carbonyl (C=O) groups is 3. The predicted octanol–water partition coefficient (Wildman–Crippen LogP) is 0.162. The highest BCUT2D eigenvalue weighted by Gasteiger charge is 2.05. The minimum absolute atomic E-state index is 0.270. The Morgan fingerprint density at radius 1 is 1.20 bits per heavy atom. The molecule has 1 aromatic carbocycles. The normalized spacial score (nSPS) is 10.1. The molecule has 20 heavy (non-hydrogen) atoms. The number of hydrogen-bond acceptors (Lipinski definition) is 4. The van der Waals surface area contributed by atoms with Crippen LogP contribution in [0.4, 0.5) is 0 Å². The van der Waals surface area contributed by atoms with E-state index in [2.05, 4.69) is 5.43 Å². The molecule has 0 aliphatic carbocycles. The van der Waals surface area contributed by atoms with E-state index in [1.165, 1.54) is 0 Å². The molecule has 0 saturated carbocycles. The minimum Gasteiger partial charge on any atom is -0.483 e. The van der Waals surface area contributed by atoms with Crippen molar-refractivity contribution in [3.8, 4) is 5.75 Å². The van der Waals surface area contributed by atoms with Gasteiger partial charge in [0, 0.05) is 12.2 Å². The molecule has 0 saturated heterocycles. The summed E-state index contributed by atoms with van der Waals surface area (Å²) in [5, 5.41) is 8.30. The van der Waals surface area contributed by atoms with E-state index in [-0.39, 0.29) is 6.61 Å². The van der Waals surface area contributed by atoms with Crippen molar-refractivity contribution in [2.24, 2.45) is 0 Å². The smallest absolute Gasteiger partial charge is 0.328 e. The number of benzene rings is 1. The molecule has 106 valence electrons. The van der Waals surface area contributed by atoms with E-state index in [1.807, 2.05) is 24.5 Å². The summed E-state index contributed by atoms with van der Waals surface area (Å²) in [5.74, 6) is -2.00. The van der Waals surface area contributed by atoms with Crippen molar-refractivity contribution in [3.05, 3.63) is 42.0 Å². The van der Waals surface area contributed by atoms with Gasteiger partial charge in [-0.25, -0.2) is 4.79 Å². The zero-order valence-electron chi connectivity index (χ0n) is 10.8. The number of carbonyl (C=O) groups excluding carboxylic acids is 2. The van der Waals surface area contributed by atoms with Crippen molar-refractivity contribution in [2.75, 3.05) is 6.61 Å². The molecule has 0 fully saturated rings. The first-order chi connectivity index (χ1) is 9.49. The molecule has 2 amide bonds. The van der Waals surface area contributed by atoms with Gasteiger partial charge in [0.1, 0.15) is 5.75 Å². The van der Waals surface area contributed by atoms with E-state index >= 15 is 0 Å². The van der Waals surface area contributed by atoms with Gasteiger partial charge in [-0.05, 0) is 18.6 Å². The second-order valence-corrected chi connectivity index (χ2v) is 3.76. The molecule has 0 radical (unpaired) electrons. The maximum Gasteiger partial charge on any atom is 0.328 e. The number of carboxylic acids is 1. The molecule has 7 heteroatoms. The van der Waals surface area contributed by atoms with Crippen LogP contribution in [-0.4, -0.2) is 29.5 Å². The zero-order chi connectivity index (χ0) is 15.0. The standard InChI is InChI=1S/C13H14N2O5/c1-9-4-2-3-5-10(9)20-8-12(17)15-14-11(16)6-7-13(18)19/h2-7H,8H2,1H3,(H,14,16)(H,15,17)(H,18,19)/b7-6+. The molecule has 1 aromatic rings. The summed E-state index contributed by atoms with van der Waals surface area (Å²) in [5.41, 5.74) is 4.99. The van der Waals surface area contributed by atoms with Gasteiger partial charge in [-0.2, -0.15) is 0 Å². The lowest BCUT2D eigenvalue weighted by atomic mass is 10.2. The van der Waals surface area contributed by atoms with Crippen LogP contribution < -0.4 is 15.6 Å².